The zero-order valence-electron chi connectivity index (χ0n) is 5.43. The molecular weight excluding hydrogens is 193 g/mol. The van der Waals surface area contributed by atoms with Crippen LogP contribution in [-0.4, -0.2) is 19.0 Å². The summed E-state index contributed by atoms with van der Waals surface area (Å²) in [6, 6.07) is 0. The van der Waals surface area contributed by atoms with E-state index in [0.29, 0.717) is 0 Å². The number of hydrogen-bond acceptors (Lipinski definition) is 0. The lowest BCUT2D eigenvalue weighted by Gasteiger charge is -2.13. The van der Waals surface area contributed by atoms with Gasteiger partial charge in [0.1, 0.15) is 12.2 Å². The molecule has 0 saturated heterocycles. The molecular formula is C5H3F7. The first-order valence-corrected chi connectivity index (χ1v) is 2.60. The SMILES string of the molecule is FCC=C(C(F)(F)F)C(F)(F)F. The van der Waals surface area contributed by atoms with E-state index in [1.54, 1.807) is 0 Å². The molecule has 0 spiro atoms. The fraction of sp³-hybridized carbons (Fsp3) is 0.600. The van der Waals surface area contributed by atoms with Crippen LogP contribution in [0.25, 0.3) is 0 Å². The molecule has 0 aromatic rings. The van der Waals surface area contributed by atoms with Gasteiger partial charge in [-0.05, 0) is 6.08 Å². The Hall–Kier alpha value is -0.750. The van der Waals surface area contributed by atoms with Crippen LogP contribution in [0.1, 0.15) is 0 Å². The first-order valence-electron chi connectivity index (χ1n) is 2.60. The van der Waals surface area contributed by atoms with Crippen LogP contribution >= 0.6 is 0 Å². The van der Waals surface area contributed by atoms with Crippen molar-refractivity contribution in [1.29, 1.82) is 0 Å². The van der Waals surface area contributed by atoms with Crippen LogP contribution < -0.4 is 0 Å². The molecule has 0 unspecified atom stereocenters. The van der Waals surface area contributed by atoms with Gasteiger partial charge < -0.3 is 0 Å². The first kappa shape index (κ1) is 11.2. The second kappa shape index (κ2) is 3.32. The van der Waals surface area contributed by atoms with E-state index in [2.05, 4.69) is 0 Å². The Balaban J connectivity index is 4.83. The van der Waals surface area contributed by atoms with Crippen molar-refractivity contribution in [2.24, 2.45) is 0 Å². The maximum Gasteiger partial charge on any atom is 0.421 e. The molecule has 0 bridgehead atoms. The van der Waals surface area contributed by atoms with Crippen LogP contribution in [-0.2, 0) is 0 Å². The van der Waals surface area contributed by atoms with Crippen molar-refractivity contribution in [2.45, 2.75) is 12.4 Å². The third-order valence-corrected chi connectivity index (χ3v) is 0.892. The van der Waals surface area contributed by atoms with Crippen molar-refractivity contribution in [2.75, 3.05) is 6.67 Å². The first-order chi connectivity index (χ1) is 5.19. The monoisotopic (exact) mass is 196 g/mol. The Morgan fingerprint density at radius 3 is 1.33 bits per heavy atom. The molecule has 0 saturated carbocycles. The highest BCUT2D eigenvalue weighted by molar-refractivity contribution is 5.15. The number of allylic oxidation sites excluding steroid dienone is 2. The quantitative estimate of drug-likeness (QED) is 0.446. The molecule has 0 fully saturated rings. The summed E-state index contributed by atoms with van der Waals surface area (Å²) in [5, 5.41) is 0. The molecule has 0 nitrogen and oxygen atoms in total. The molecule has 0 radical (unpaired) electrons. The lowest BCUT2D eigenvalue weighted by atomic mass is 10.2. The minimum atomic E-state index is -5.55. The number of rotatable bonds is 1. The van der Waals surface area contributed by atoms with E-state index < -0.39 is 30.7 Å². The summed E-state index contributed by atoms with van der Waals surface area (Å²) in [7, 11) is 0. The van der Waals surface area contributed by atoms with E-state index >= 15 is 0 Å². The highest BCUT2D eigenvalue weighted by Crippen LogP contribution is 2.38. The van der Waals surface area contributed by atoms with E-state index in [4.69, 9.17) is 0 Å². The van der Waals surface area contributed by atoms with Crippen LogP contribution in [0.3, 0.4) is 0 Å². The smallest absolute Gasteiger partial charge is 0.247 e. The summed E-state index contributed by atoms with van der Waals surface area (Å²) < 4.78 is 79.9. The van der Waals surface area contributed by atoms with Gasteiger partial charge in [-0.1, -0.05) is 0 Å². The molecule has 0 N–H and O–H groups in total. The largest absolute Gasteiger partial charge is 0.421 e. The van der Waals surface area contributed by atoms with E-state index in [1.807, 2.05) is 0 Å². The van der Waals surface area contributed by atoms with Gasteiger partial charge in [0, 0.05) is 0 Å². The van der Waals surface area contributed by atoms with Gasteiger partial charge in [0.05, 0.1) is 0 Å². The van der Waals surface area contributed by atoms with Gasteiger partial charge in [0.2, 0.25) is 0 Å². The molecule has 0 aliphatic carbocycles. The summed E-state index contributed by atoms with van der Waals surface area (Å²) in [4.78, 5) is 0. The fourth-order valence-electron chi connectivity index (χ4n) is 0.469. The Morgan fingerprint density at radius 1 is 0.917 bits per heavy atom. The summed E-state index contributed by atoms with van der Waals surface area (Å²) in [5.74, 6) is 0. The van der Waals surface area contributed by atoms with Gasteiger partial charge in [0.25, 0.3) is 0 Å². The van der Waals surface area contributed by atoms with Crippen molar-refractivity contribution in [3.63, 3.8) is 0 Å². The number of halogens is 7. The van der Waals surface area contributed by atoms with E-state index in [9.17, 15) is 30.7 Å². The standard InChI is InChI=1S/C5H3F7/c6-2-1-3(4(7,8)9)5(10,11)12/h1H,2H2. The highest BCUT2D eigenvalue weighted by atomic mass is 19.4. The van der Waals surface area contributed by atoms with Crippen LogP contribution in [0.4, 0.5) is 30.7 Å². The maximum absolute atomic E-state index is 11.4. The zero-order valence-corrected chi connectivity index (χ0v) is 5.43. The molecule has 0 aliphatic heterocycles. The summed E-state index contributed by atoms with van der Waals surface area (Å²) in [6.45, 7) is -1.80. The van der Waals surface area contributed by atoms with Gasteiger partial charge in [-0.3, -0.25) is 0 Å². The van der Waals surface area contributed by atoms with Gasteiger partial charge >= 0.3 is 12.4 Å². The van der Waals surface area contributed by atoms with Crippen molar-refractivity contribution in [3.8, 4) is 0 Å². The second-order valence-electron chi connectivity index (χ2n) is 1.77. The van der Waals surface area contributed by atoms with Crippen LogP contribution in [0, 0.1) is 0 Å². The maximum atomic E-state index is 11.4. The van der Waals surface area contributed by atoms with Gasteiger partial charge in [0.15, 0.2) is 0 Å². The third-order valence-electron chi connectivity index (χ3n) is 0.892. The van der Waals surface area contributed by atoms with E-state index in [1.165, 1.54) is 0 Å². The molecule has 0 aliphatic rings. The van der Waals surface area contributed by atoms with Gasteiger partial charge in [-0.2, -0.15) is 26.3 Å². The minimum Gasteiger partial charge on any atom is -0.247 e. The summed E-state index contributed by atoms with van der Waals surface area (Å²) in [5.41, 5.74) is -2.81. The molecule has 0 aromatic carbocycles. The average molecular weight is 196 g/mol. The second-order valence-corrected chi connectivity index (χ2v) is 1.77. The average Bonchev–Trinajstić information content (AvgIpc) is 1.77. The lowest BCUT2D eigenvalue weighted by molar-refractivity contribution is -0.172. The van der Waals surface area contributed by atoms with Crippen molar-refractivity contribution in [1.82, 2.24) is 0 Å². The van der Waals surface area contributed by atoms with E-state index in [0.717, 1.165) is 0 Å². The van der Waals surface area contributed by atoms with Gasteiger partial charge in [-0.15, -0.1) is 0 Å². The Morgan fingerprint density at radius 2 is 1.25 bits per heavy atom. The molecule has 0 atom stereocenters. The van der Waals surface area contributed by atoms with Crippen molar-refractivity contribution in [3.05, 3.63) is 11.6 Å². The van der Waals surface area contributed by atoms with Crippen molar-refractivity contribution < 1.29 is 30.7 Å². The summed E-state index contributed by atoms with van der Waals surface area (Å²) >= 11 is 0. The zero-order chi connectivity index (χ0) is 9.99. The fourth-order valence-corrected chi connectivity index (χ4v) is 0.469. The Labute approximate surface area is 62.7 Å². The molecule has 12 heavy (non-hydrogen) atoms. The predicted octanol–water partition coefficient (Wildman–Crippen LogP) is 3.01. The van der Waals surface area contributed by atoms with Crippen LogP contribution in [0.5, 0.6) is 0 Å². The molecule has 72 valence electrons. The third kappa shape index (κ3) is 3.10. The number of alkyl halides is 7. The van der Waals surface area contributed by atoms with E-state index in [-0.39, 0.29) is 0 Å². The topological polar surface area (TPSA) is 0 Å². The normalized spacial score (nSPS) is 12.9. The lowest BCUT2D eigenvalue weighted by Crippen LogP contribution is -2.26. The van der Waals surface area contributed by atoms with Crippen molar-refractivity contribution >= 4 is 0 Å². The molecule has 0 aromatic heterocycles. The minimum absolute atomic E-state index is 0.542. The molecule has 7 heteroatoms. The Kier molecular flexibility index (Phi) is 3.11. The highest BCUT2D eigenvalue weighted by Gasteiger charge is 2.50. The number of hydrogen-bond donors (Lipinski definition) is 0. The Bertz CT molecular complexity index is 155. The van der Waals surface area contributed by atoms with Gasteiger partial charge in [-0.25, -0.2) is 4.39 Å². The predicted molar refractivity (Wildman–Crippen MR) is 26.2 cm³/mol. The van der Waals surface area contributed by atoms with Crippen LogP contribution in [0.15, 0.2) is 11.6 Å². The van der Waals surface area contributed by atoms with Crippen LogP contribution in [0.2, 0.25) is 0 Å². The molecule has 0 heterocycles. The molecule has 0 rings (SSSR count). The summed E-state index contributed by atoms with van der Waals surface area (Å²) in [6.07, 6.45) is -11.6. The molecule has 0 amide bonds.